The molecule has 1 aliphatic rings. The van der Waals surface area contributed by atoms with Gasteiger partial charge in [-0.15, -0.1) is 0 Å². The number of rotatable bonds is 4. The van der Waals surface area contributed by atoms with Gasteiger partial charge in [-0.3, -0.25) is 4.79 Å². The van der Waals surface area contributed by atoms with Gasteiger partial charge in [-0.05, 0) is 26.3 Å². The summed E-state index contributed by atoms with van der Waals surface area (Å²) in [6.07, 6.45) is -0.444. The molecule has 1 aromatic rings. The van der Waals surface area contributed by atoms with Crippen LogP contribution in [-0.2, 0) is 20.9 Å². The summed E-state index contributed by atoms with van der Waals surface area (Å²) in [5.74, 6) is -0.722. The van der Waals surface area contributed by atoms with Crippen molar-refractivity contribution in [2.45, 2.75) is 39.0 Å². The van der Waals surface area contributed by atoms with E-state index >= 15 is 0 Å². The molecule has 2 N–H and O–H groups in total. The second-order valence-corrected chi connectivity index (χ2v) is 6.64. The molecule has 0 radical (unpaired) electrons. The van der Waals surface area contributed by atoms with Crippen molar-refractivity contribution in [3.05, 3.63) is 35.9 Å². The van der Waals surface area contributed by atoms with Crippen LogP contribution >= 0.6 is 0 Å². The Morgan fingerprint density at radius 3 is 2.48 bits per heavy atom. The fourth-order valence-corrected chi connectivity index (χ4v) is 2.44. The molecule has 6 nitrogen and oxygen atoms in total. The van der Waals surface area contributed by atoms with Crippen LogP contribution in [0.3, 0.4) is 0 Å². The quantitative estimate of drug-likeness (QED) is 0.857. The van der Waals surface area contributed by atoms with Crippen molar-refractivity contribution in [2.75, 3.05) is 13.1 Å². The third-order valence-corrected chi connectivity index (χ3v) is 3.65. The lowest BCUT2D eigenvalue weighted by molar-refractivity contribution is -0.159. The van der Waals surface area contributed by atoms with Crippen molar-refractivity contribution in [1.82, 2.24) is 4.90 Å². The van der Waals surface area contributed by atoms with Gasteiger partial charge in [0.1, 0.15) is 12.2 Å². The van der Waals surface area contributed by atoms with E-state index in [-0.39, 0.29) is 31.7 Å². The molecule has 0 bridgehead atoms. The monoisotopic (exact) mass is 320 g/mol. The molecule has 2 atom stereocenters. The lowest BCUT2D eigenvalue weighted by atomic mass is 9.89. The lowest BCUT2D eigenvalue weighted by Crippen LogP contribution is -2.64. The van der Waals surface area contributed by atoms with Gasteiger partial charge in [0.05, 0.1) is 12.0 Å². The number of carbonyl (C=O) groups excluding carboxylic acids is 2. The van der Waals surface area contributed by atoms with Gasteiger partial charge in [-0.2, -0.15) is 0 Å². The molecule has 1 aliphatic heterocycles. The number of esters is 1. The number of carbonyl (C=O) groups is 2. The molecule has 6 heteroatoms. The summed E-state index contributed by atoms with van der Waals surface area (Å²) < 4.78 is 10.6. The minimum absolute atomic E-state index is 0.199. The summed E-state index contributed by atoms with van der Waals surface area (Å²) in [4.78, 5) is 25.7. The number of hydrogen-bond acceptors (Lipinski definition) is 5. The van der Waals surface area contributed by atoms with Crippen LogP contribution < -0.4 is 5.73 Å². The van der Waals surface area contributed by atoms with Gasteiger partial charge in [0.25, 0.3) is 0 Å². The van der Waals surface area contributed by atoms with E-state index in [0.717, 1.165) is 5.56 Å². The lowest BCUT2D eigenvalue weighted by Gasteiger charge is -2.45. The Balaban J connectivity index is 1.87. The Morgan fingerprint density at radius 2 is 1.91 bits per heavy atom. The Kier molecular flexibility index (Phi) is 5.26. The summed E-state index contributed by atoms with van der Waals surface area (Å²) >= 11 is 0. The van der Waals surface area contributed by atoms with E-state index in [9.17, 15) is 9.59 Å². The number of benzene rings is 1. The van der Waals surface area contributed by atoms with Crippen LogP contribution in [0.4, 0.5) is 4.79 Å². The van der Waals surface area contributed by atoms with Gasteiger partial charge in [-0.25, -0.2) is 4.79 Å². The maximum absolute atomic E-state index is 12.2. The molecular formula is C17H24N2O4. The smallest absolute Gasteiger partial charge is 0.410 e. The maximum Gasteiger partial charge on any atom is 0.410 e. The highest BCUT2D eigenvalue weighted by Crippen LogP contribution is 2.28. The van der Waals surface area contributed by atoms with Gasteiger partial charge in [0, 0.05) is 13.1 Å². The van der Waals surface area contributed by atoms with Gasteiger partial charge in [0.2, 0.25) is 0 Å². The van der Waals surface area contributed by atoms with E-state index in [1.54, 1.807) is 20.8 Å². The minimum atomic E-state index is -0.574. The van der Waals surface area contributed by atoms with E-state index in [4.69, 9.17) is 15.2 Å². The second kappa shape index (κ2) is 7.00. The van der Waals surface area contributed by atoms with Gasteiger partial charge in [0.15, 0.2) is 0 Å². The van der Waals surface area contributed by atoms with Crippen molar-refractivity contribution in [1.29, 1.82) is 0 Å². The molecule has 1 heterocycles. The molecule has 23 heavy (non-hydrogen) atoms. The predicted octanol–water partition coefficient (Wildman–Crippen LogP) is 1.92. The molecule has 0 aliphatic carbocycles. The summed E-state index contributed by atoms with van der Waals surface area (Å²) in [6, 6.07) is 9.09. The third kappa shape index (κ3) is 4.45. The molecule has 1 fully saturated rings. The summed E-state index contributed by atoms with van der Waals surface area (Å²) in [7, 11) is 0. The van der Waals surface area contributed by atoms with Crippen LogP contribution in [0.25, 0.3) is 0 Å². The fraction of sp³-hybridized carbons (Fsp3) is 0.529. The number of ether oxygens (including phenoxy) is 2. The molecule has 0 aromatic heterocycles. The number of likely N-dealkylation sites (tertiary alicyclic amines) is 1. The van der Waals surface area contributed by atoms with Crippen molar-refractivity contribution >= 4 is 12.1 Å². The second-order valence-electron chi connectivity index (χ2n) is 6.64. The van der Waals surface area contributed by atoms with Crippen molar-refractivity contribution in [3.8, 4) is 0 Å². The molecule has 1 saturated heterocycles. The van der Waals surface area contributed by atoms with Crippen molar-refractivity contribution in [3.63, 3.8) is 0 Å². The minimum Gasteiger partial charge on any atom is -0.460 e. The Bertz CT molecular complexity index is 553. The number of nitrogens with two attached hydrogens (primary N) is 1. The molecule has 1 aromatic carbocycles. The molecule has 0 spiro atoms. The summed E-state index contributed by atoms with van der Waals surface area (Å²) in [5, 5.41) is 0. The predicted molar refractivity (Wildman–Crippen MR) is 85.5 cm³/mol. The Morgan fingerprint density at radius 1 is 1.26 bits per heavy atom. The highest BCUT2D eigenvalue weighted by atomic mass is 16.6. The SMILES string of the molecule is CC(C)(C)OC(=O)N1C[C@H](C(=O)OCc2ccccc2)[C@@H]1CN. The number of amides is 1. The first-order valence-electron chi connectivity index (χ1n) is 7.72. The fourth-order valence-electron chi connectivity index (χ4n) is 2.44. The van der Waals surface area contributed by atoms with Gasteiger partial charge in [-0.1, -0.05) is 30.3 Å². The van der Waals surface area contributed by atoms with Gasteiger partial charge < -0.3 is 20.1 Å². The van der Waals surface area contributed by atoms with Crippen molar-refractivity contribution in [2.24, 2.45) is 11.7 Å². The largest absolute Gasteiger partial charge is 0.460 e. The van der Waals surface area contributed by atoms with E-state index in [2.05, 4.69) is 0 Å². The van der Waals surface area contributed by atoms with E-state index in [0.29, 0.717) is 0 Å². The first kappa shape index (κ1) is 17.3. The van der Waals surface area contributed by atoms with Crippen molar-refractivity contribution < 1.29 is 19.1 Å². The van der Waals surface area contributed by atoms with Crippen LogP contribution in [0.1, 0.15) is 26.3 Å². The number of nitrogens with zero attached hydrogens (tertiary/aromatic N) is 1. The molecule has 2 rings (SSSR count). The molecule has 1 amide bonds. The first-order valence-corrected chi connectivity index (χ1v) is 7.72. The highest BCUT2D eigenvalue weighted by molar-refractivity contribution is 5.79. The van der Waals surface area contributed by atoms with Gasteiger partial charge >= 0.3 is 12.1 Å². The van der Waals surface area contributed by atoms with E-state index in [1.807, 2.05) is 30.3 Å². The Labute approximate surface area is 136 Å². The van der Waals surface area contributed by atoms with Crippen LogP contribution in [0.15, 0.2) is 30.3 Å². The van der Waals surface area contributed by atoms with Crippen LogP contribution in [-0.4, -0.2) is 41.7 Å². The average molecular weight is 320 g/mol. The zero-order valence-electron chi connectivity index (χ0n) is 13.8. The standard InChI is InChI=1S/C17H24N2O4/c1-17(2,3)23-16(21)19-10-13(14(19)9-18)15(20)22-11-12-7-5-4-6-8-12/h4-8,13-14H,9-11,18H2,1-3H3/t13-,14-/m0/s1. The van der Waals surface area contributed by atoms with Crippen LogP contribution in [0, 0.1) is 5.92 Å². The Hall–Kier alpha value is -2.08. The summed E-state index contributed by atoms with van der Waals surface area (Å²) in [5.41, 5.74) is 6.05. The normalized spacial score (nSPS) is 20.6. The highest BCUT2D eigenvalue weighted by Gasteiger charge is 2.47. The van der Waals surface area contributed by atoms with Crippen LogP contribution in [0.5, 0.6) is 0 Å². The molecule has 0 unspecified atom stereocenters. The van der Waals surface area contributed by atoms with Crippen LogP contribution in [0.2, 0.25) is 0 Å². The average Bonchev–Trinajstić information content (AvgIpc) is 2.43. The summed E-state index contributed by atoms with van der Waals surface area (Å²) in [6.45, 7) is 6.10. The first-order chi connectivity index (χ1) is 10.8. The molecular weight excluding hydrogens is 296 g/mol. The number of hydrogen-bond donors (Lipinski definition) is 1. The van der Waals surface area contributed by atoms with E-state index < -0.39 is 17.6 Å². The maximum atomic E-state index is 12.2. The zero-order chi connectivity index (χ0) is 17.0. The third-order valence-electron chi connectivity index (χ3n) is 3.65. The zero-order valence-corrected chi connectivity index (χ0v) is 13.8. The topological polar surface area (TPSA) is 81.9 Å². The molecule has 126 valence electrons. The van der Waals surface area contributed by atoms with E-state index in [1.165, 1.54) is 4.90 Å². The molecule has 0 saturated carbocycles.